The molecule has 0 amide bonds. The highest BCUT2D eigenvalue weighted by atomic mass is 16.5. The van der Waals surface area contributed by atoms with Crippen LogP contribution in [0.25, 0.3) is 0 Å². The summed E-state index contributed by atoms with van der Waals surface area (Å²) >= 11 is 0. The molecule has 0 bridgehead atoms. The molecular weight excluding hydrogens is 212 g/mol. The van der Waals surface area contributed by atoms with Gasteiger partial charge in [-0.15, -0.1) is 0 Å². The molecule has 0 saturated heterocycles. The number of hydrogen-bond acceptors (Lipinski definition) is 2. The Kier molecular flexibility index (Phi) is 4.52. The lowest BCUT2D eigenvalue weighted by atomic mass is 10.2. The summed E-state index contributed by atoms with van der Waals surface area (Å²) in [6.07, 6.45) is 1.70. The minimum absolute atomic E-state index is 0.458. The monoisotopic (exact) mass is 230 g/mol. The van der Waals surface area contributed by atoms with Crippen LogP contribution in [0.1, 0.15) is 19.4 Å². The van der Waals surface area contributed by atoms with Gasteiger partial charge in [-0.2, -0.15) is 0 Å². The van der Waals surface area contributed by atoms with Crippen molar-refractivity contribution in [2.75, 3.05) is 7.11 Å². The van der Waals surface area contributed by atoms with Gasteiger partial charge in [0.25, 0.3) is 0 Å². The van der Waals surface area contributed by atoms with Gasteiger partial charge in [-0.3, -0.25) is 0 Å². The third kappa shape index (κ3) is 3.48. The van der Waals surface area contributed by atoms with Gasteiger partial charge in [-0.25, -0.2) is 4.99 Å². The van der Waals surface area contributed by atoms with Crippen LogP contribution < -0.4 is 10.5 Å². The molecule has 0 fully saturated rings. The maximum absolute atomic E-state index is 5.95. The van der Waals surface area contributed by atoms with Crippen molar-refractivity contribution >= 4 is 5.84 Å². The summed E-state index contributed by atoms with van der Waals surface area (Å²) in [6, 6.07) is 7.50. The van der Waals surface area contributed by atoms with E-state index < -0.39 is 0 Å². The van der Waals surface area contributed by atoms with Gasteiger partial charge in [0, 0.05) is 5.56 Å². The predicted molar refractivity (Wildman–Crippen MR) is 72.3 cm³/mol. The lowest BCUT2D eigenvalue weighted by molar-refractivity contribution is 0.414. The number of ether oxygens (including phenoxy) is 1. The number of rotatable bonds is 4. The Hall–Kier alpha value is -2.03. The molecule has 0 aromatic heterocycles. The van der Waals surface area contributed by atoms with Crippen molar-refractivity contribution in [1.82, 2.24) is 0 Å². The summed E-state index contributed by atoms with van der Waals surface area (Å²) in [4.78, 5) is 4.34. The smallest absolute Gasteiger partial charge is 0.131 e. The number of nitrogens with two attached hydrogens (primary N) is 1. The molecule has 17 heavy (non-hydrogen) atoms. The number of benzene rings is 1. The average molecular weight is 230 g/mol. The summed E-state index contributed by atoms with van der Waals surface area (Å²) in [5, 5.41) is 0. The van der Waals surface area contributed by atoms with Crippen LogP contribution in [0.2, 0.25) is 0 Å². The first kappa shape index (κ1) is 13.0. The topological polar surface area (TPSA) is 47.6 Å². The van der Waals surface area contributed by atoms with Crippen LogP contribution in [0.15, 0.2) is 53.2 Å². The SMILES string of the molecule is C=CC(N=C(N)c1cccc(OC)c1)=C(C)C. The molecule has 0 aliphatic rings. The lowest BCUT2D eigenvalue weighted by Gasteiger charge is -2.05. The van der Waals surface area contributed by atoms with Gasteiger partial charge in [0.15, 0.2) is 0 Å². The Bertz CT molecular complexity index is 469. The van der Waals surface area contributed by atoms with Crippen molar-refractivity contribution in [3.63, 3.8) is 0 Å². The number of hydrogen-bond donors (Lipinski definition) is 1. The van der Waals surface area contributed by atoms with Gasteiger partial charge in [0.1, 0.15) is 11.6 Å². The zero-order valence-electron chi connectivity index (χ0n) is 10.5. The quantitative estimate of drug-likeness (QED) is 0.491. The summed E-state index contributed by atoms with van der Waals surface area (Å²) in [7, 11) is 1.62. The van der Waals surface area contributed by atoms with Crippen LogP contribution >= 0.6 is 0 Å². The van der Waals surface area contributed by atoms with Gasteiger partial charge in [-0.05, 0) is 32.1 Å². The molecule has 0 aliphatic heterocycles. The zero-order chi connectivity index (χ0) is 12.8. The Labute approximate surface area is 102 Å². The molecule has 0 heterocycles. The van der Waals surface area contributed by atoms with E-state index in [1.807, 2.05) is 38.1 Å². The fourth-order valence-corrected chi connectivity index (χ4v) is 1.34. The maximum Gasteiger partial charge on any atom is 0.131 e. The first-order valence-electron chi connectivity index (χ1n) is 5.37. The van der Waals surface area contributed by atoms with Gasteiger partial charge in [0.05, 0.1) is 12.8 Å². The van der Waals surface area contributed by atoms with Crippen LogP contribution in [0, 0.1) is 0 Å². The van der Waals surface area contributed by atoms with Crippen LogP contribution in [0.4, 0.5) is 0 Å². The third-order valence-electron chi connectivity index (χ3n) is 2.31. The Morgan fingerprint density at radius 1 is 1.41 bits per heavy atom. The van der Waals surface area contributed by atoms with Crippen molar-refractivity contribution in [2.45, 2.75) is 13.8 Å². The summed E-state index contributed by atoms with van der Waals surface area (Å²) in [6.45, 7) is 7.66. The minimum atomic E-state index is 0.458. The molecule has 0 saturated carbocycles. The van der Waals surface area contributed by atoms with E-state index in [1.54, 1.807) is 13.2 Å². The molecule has 3 nitrogen and oxygen atoms in total. The largest absolute Gasteiger partial charge is 0.497 e. The molecular formula is C14H18N2O. The number of allylic oxidation sites excluding steroid dienone is 2. The van der Waals surface area contributed by atoms with Crippen LogP contribution in [-0.4, -0.2) is 12.9 Å². The molecule has 1 aromatic rings. The zero-order valence-corrected chi connectivity index (χ0v) is 10.5. The van der Waals surface area contributed by atoms with E-state index in [9.17, 15) is 0 Å². The van der Waals surface area contributed by atoms with Crippen molar-refractivity contribution < 1.29 is 4.74 Å². The Balaban J connectivity index is 3.11. The molecule has 0 aliphatic carbocycles. The first-order chi connectivity index (χ1) is 8.08. The minimum Gasteiger partial charge on any atom is -0.497 e. The van der Waals surface area contributed by atoms with E-state index in [4.69, 9.17) is 10.5 Å². The van der Waals surface area contributed by atoms with Crippen molar-refractivity contribution in [3.05, 3.63) is 53.8 Å². The average Bonchev–Trinajstić information content (AvgIpc) is 2.35. The highest BCUT2D eigenvalue weighted by molar-refractivity contribution is 5.98. The number of methoxy groups -OCH3 is 1. The lowest BCUT2D eigenvalue weighted by Crippen LogP contribution is -2.13. The third-order valence-corrected chi connectivity index (χ3v) is 2.31. The van der Waals surface area contributed by atoms with E-state index in [1.165, 1.54) is 0 Å². The van der Waals surface area contributed by atoms with Crippen LogP contribution in [0.5, 0.6) is 5.75 Å². The van der Waals surface area contributed by atoms with E-state index >= 15 is 0 Å². The second kappa shape index (κ2) is 5.89. The molecule has 0 atom stereocenters. The van der Waals surface area contributed by atoms with Crippen molar-refractivity contribution in [1.29, 1.82) is 0 Å². The first-order valence-corrected chi connectivity index (χ1v) is 5.37. The molecule has 1 aromatic carbocycles. The van der Waals surface area contributed by atoms with Crippen LogP contribution in [-0.2, 0) is 0 Å². The van der Waals surface area contributed by atoms with Gasteiger partial charge >= 0.3 is 0 Å². The Morgan fingerprint density at radius 2 is 2.12 bits per heavy atom. The fourth-order valence-electron chi connectivity index (χ4n) is 1.34. The second-order valence-electron chi connectivity index (χ2n) is 3.82. The van der Waals surface area contributed by atoms with Crippen LogP contribution in [0.3, 0.4) is 0 Å². The van der Waals surface area contributed by atoms with E-state index in [0.29, 0.717) is 5.84 Å². The second-order valence-corrected chi connectivity index (χ2v) is 3.82. The highest BCUT2D eigenvalue weighted by Crippen LogP contribution is 2.14. The molecule has 0 unspecified atom stereocenters. The molecule has 2 N–H and O–H groups in total. The molecule has 0 radical (unpaired) electrons. The maximum atomic E-state index is 5.95. The van der Waals surface area contributed by atoms with Gasteiger partial charge in [-0.1, -0.05) is 24.3 Å². The molecule has 90 valence electrons. The highest BCUT2D eigenvalue weighted by Gasteiger charge is 2.01. The standard InChI is InChI=1S/C14H18N2O/c1-5-13(10(2)3)16-14(15)11-7-6-8-12(9-11)17-4/h5-9H,1H2,2-4H3,(H2,15,16). The van der Waals surface area contributed by atoms with Gasteiger partial charge < -0.3 is 10.5 Å². The van der Waals surface area contributed by atoms with Crippen molar-refractivity contribution in [3.8, 4) is 5.75 Å². The number of nitrogens with zero attached hydrogens (tertiary/aromatic N) is 1. The summed E-state index contributed by atoms with van der Waals surface area (Å²) in [5.74, 6) is 1.22. The summed E-state index contributed by atoms with van der Waals surface area (Å²) in [5.41, 5.74) is 8.65. The Morgan fingerprint density at radius 3 is 2.65 bits per heavy atom. The number of aliphatic imine (C=N–C) groups is 1. The molecule has 0 spiro atoms. The van der Waals surface area contributed by atoms with Gasteiger partial charge in [0.2, 0.25) is 0 Å². The summed E-state index contributed by atoms with van der Waals surface area (Å²) < 4.78 is 5.14. The number of amidine groups is 1. The normalized spacial score (nSPS) is 10.9. The fraction of sp³-hybridized carbons (Fsp3) is 0.214. The molecule has 1 rings (SSSR count). The van der Waals surface area contributed by atoms with E-state index in [2.05, 4.69) is 11.6 Å². The molecule has 3 heteroatoms. The van der Waals surface area contributed by atoms with E-state index in [0.717, 1.165) is 22.6 Å². The van der Waals surface area contributed by atoms with Crippen molar-refractivity contribution in [2.24, 2.45) is 10.7 Å². The van der Waals surface area contributed by atoms with E-state index in [-0.39, 0.29) is 0 Å². The predicted octanol–water partition coefficient (Wildman–Crippen LogP) is 2.88.